The second kappa shape index (κ2) is 9.27. The minimum absolute atomic E-state index is 0.624. The Balaban J connectivity index is 2.26. The van der Waals surface area contributed by atoms with Crippen LogP contribution in [-0.2, 0) is 6.42 Å². The first-order valence-corrected chi connectivity index (χ1v) is 7.73. The van der Waals surface area contributed by atoms with Gasteiger partial charge in [-0.3, -0.25) is 4.99 Å². The Kier molecular flexibility index (Phi) is 7.65. The summed E-state index contributed by atoms with van der Waals surface area (Å²) in [6.07, 6.45) is 2.19. The molecule has 21 heavy (non-hydrogen) atoms. The van der Waals surface area contributed by atoms with Crippen molar-refractivity contribution >= 4 is 11.6 Å². The Morgan fingerprint density at radius 2 is 1.81 bits per heavy atom. The van der Waals surface area contributed by atoms with Crippen LogP contribution in [0.2, 0.25) is 0 Å². The minimum Gasteiger partial charge on any atom is -0.378 e. The van der Waals surface area contributed by atoms with E-state index in [1.807, 2.05) is 7.05 Å². The van der Waals surface area contributed by atoms with Crippen LogP contribution < -0.4 is 15.5 Å². The smallest absolute Gasteiger partial charge is 0.190 e. The molecule has 0 bridgehead atoms. The lowest BCUT2D eigenvalue weighted by Crippen LogP contribution is -2.39. The molecule has 0 amide bonds. The summed E-state index contributed by atoms with van der Waals surface area (Å²) in [4.78, 5) is 6.35. The Labute approximate surface area is 129 Å². The number of nitrogens with zero attached hydrogens (tertiary/aromatic N) is 2. The van der Waals surface area contributed by atoms with Crippen LogP contribution in [0.3, 0.4) is 0 Å². The van der Waals surface area contributed by atoms with E-state index in [0.29, 0.717) is 5.92 Å². The highest BCUT2D eigenvalue weighted by atomic mass is 15.2. The fraction of sp³-hybridized carbons (Fsp3) is 0.588. The topological polar surface area (TPSA) is 39.7 Å². The molecule has 4 heteroatoms. The lowest BCUT2D eigenvalue weighted by molar-refractivity contribution is 0.612. The molecule has 1 aromatic rings. The molecule has 2 N–H and O–H groups in total. The van der Waals surface area contributed by atoms with E-state index in [2.05, 4.69) is 72.7 Å². The highest BCUT2D eigenvalue weighted by Gasteiger charge is 2.00. The van der Waals surface area contributed by atoms with Crippen molar-refractivity contribution in [3.05, 3.63) is 29.8 Å². The number of aryl methyl sites for hydroxylation is 1. The average molecular weight is 290 g/mol. The Morgan fingerprint density at radius 3 is 2.33 bits per heavy atom. The maximum Gasteiger partial charge on any atom is 0.190 e. The maximum absolute atomic E-state index is 4.22. The van der Waals surface area contributed by atoms with E-state index < -0.39 is 0 Å². The zero-order valence-electron chi connectivity index (χ0n) is 14.1. The van der Waals surface area contributed by atoms with Crippen LogP contribution in [0.15, 0.2) is 29.3 Å². The molecule has 118 valence electrons. The summed E-state index contributed by atoms with van der Waals surface area (Å²) in [7, 11) is 5.94. The molecule has 1 aromatic carbocycles. The molecule has 0 radical (unpaired) electrons. The number of benzene rings is 1. The molecule has 0 heterocycles. The summed E-state index contributed by atoms with van der Waals surface area (Å²) < 4.78 is 0. The van der Waals surface area contributed by atoms with Crippen molar-refractivity contribution in [3.8, 4) is 0 Å². The Hall–Kier alpha value is -1.71. The number of nitrogens with one attached hydrogen (secondary N) is 2. The molecule has 0 unspecified atom stereocenters. The normalized spacial score (nSPS) is 11.6. The molecular weight excluding hydrogens is 260 g/mol. The summed E-state index contributed by atoms with van der Waals surface area (Å²) >= 11 is 0. The van der Waals surface area contributed by atoms with Crippen LogP contribution in [0.1, 0.15) is 25.8 Å². The van der Waals surface area contributed by atoms with E-state index in [-0.39, 0.29) is 0 Å². The second-order valence-corrected chi connectivity index (χ2v) is 5.94. The lowest BCUT2D eigenvalue weighted by atomic mass is 10.1. The summed E-state index contributed by atoms with van der Waals surface area (Å²) in [5.74, 6) is 1.52. The highest BCUT2D eigenvalue weighted by molar-refractivity contribution is 5.79. The first-order chi connectivity index (χ1) is 10.0. The molecule has 1 rings (SSSR count). The molecule has 0 atom stereocenters. The summed E-state index contributed by atoms with van der Waals surface area (Å²) in [5, 5.41) is 6.68. The minimum atomic E-state index is 0.624. The number of guanidine groups is 1. The quantitative estimate of drug-likeness (QED) is 0.460. The van der Waals surface area contributed by atoms with Gasteiger partial charge < -0.3 is 15.5 Å². The van der Waals surface area contributed by atoms with Crippen LogP contribution in [0.4, 0.5) is 5.69 Å². The number of anilines is 1. The van der Waals surface area contributed by atoms with Gasteiger partial charge in [0.2, 0.25) is 0 Å². The molecule has 0 aliphatic rings. The van der Waals surface area contributed by atoms with Crippen LogP contribution in [0.25, 0.3) is 0 Å². The molecule has 0 fully saturated rings. The molecular formula is C17H30N4. The summed E-state index contributed by atoms with van der Waals surface area (Å²) in [5.41, 5.74) is 2.63. The largest absolute Gasteiger partial charge is 0.378 e. The van der Waals surface area contributed by atoms with Gasteiger partial charge in [0, 0.05) is 39.9 Å². The Morgan fingerprint density at radius 1 is 1.14 bits per heavy atom. The van der Waals surface area contributed by atoms with Crippen LogP contribution in [0.5, 0.6) is 0 Å². The number of hydrogen-bond acceptors (Lipinski definition) is 2. The van der Waals surface area contributed by atoms with Crippen molar-refractivity contribution < 1.29 is 0 Å². The first kappa shape index (κ1) is 17.3. The van der Waals surface area contributed by atoms with Crippen molar-refractivity contribution in [1.82, 2.24) is 10.6 Å². The number of hydrogen-bond donors (Lipinski definition) is 2. The van der Waals surface area contributed by atoms with E-state index in [9.17, 15) is 0 Å². The number of aliphatic imine (C=N–C) groups is 1. The molecule has 0 aromatic heterocycles. The van der Waals surface area contributed by atoms with Gasteiger partial charge >= 0.3 is 0 Å². The third-order valence-electron chi connectivity index (χ3n) is 3.29. The van der Waals surface area contributed by atoms with Crippen LogP contribution >= 0.6 is 0 Å². The van der Waals surface area contributed by atoms with Crippen molar-refractivity contribution in [2.75, 3.05) is 39.1 Å². The van der Waals surface area contributed by atoms with Crippen molar-refractivity contribution in [2.24, 2.45) is 10.9 Å². The van der Waals surface area contributed by atoms with Crippen molar-refractivity contribution in [3.63, 3.8) is 0 Å². The van der Waals surface area contributed by atoms with Gasteiger partial charge in [0.1, 0.15) is 0 Å². The molecule has 0 aliphatic carbocycles. The standard InChI is InChI=1S/C17H30N4/c1-14(2)13-20-17(18-3)19-12-6-7-15-8-10-16(11-9-15)21(4)5/h8-11,14H,6-7,12-13H2,1-5H3,(H2,18,19,20). The Bertz CT molecular complexity index is 421. The SMILES string of the molecule is CN=C(NCCCc1ccc(N(C)C)cc1)NCC(C)C. The molecule has 0 aliphatic heterocycles. The zero-order chi connectivity index (χ0) is 15.7. The van der Waals surface area contributed by atoms with Gasteiger partial charge in [0.25, 0.3) is 0 Å². The number of rotatable bonds is 7. The second-order valence-electron chi connectivity index (χ2n) is 5.94. The van der Waals surface area contributed by atoms with Gasteiger partial charge in [-0.1, -0.05) is 26.0 Å². The fourth-order valence-corrected chi connectivity index (χ4v) is 1.98. The fourth-order valence-electron chi connectivity index (χ4n) is 1.98. The van der Waals surface area contributed by atoms with Gasteiger partial charge in [-0.05, 0) is 36.5 Å². The van der Waals surface area contributed by atoms with E-state index in [1.165, 1.54) is 11.3 Å². The molecule has 0 saturated heterocycles. The molecule has 0 saturated carbocycles. The van der Waals surface area contributed by atoms with Gasteiger partial charge in [0.15, 0.2) is 5.96 Å². The van der Waals surface area contributed by atoms with Gasteiger partial charge in [-0.2, -0.15) is 0 Å². The zero-order valence-corrected chi connectivity index (χ0v) is 14.1. The lowest BCUT2D eigenvalue weighted by Gasteiger charge is -2.14. The van der Waals surface area contributed by atoms with E-state index >= 15 is 0 Å². The van der Waals surface area contributed by atoms with Crippen molar-refractivity contribution in [1.29, 1.82) is 0 Å². The maximum atomic E-state index is 4.22. The highest BCUT2D eigenvalue weighted by Crippen LogP contribution is 2.13. The van der Waals surface area contributed by atoms with E-state index in [0.717, 1.165) is 31.9 Å². The predicted octanol–water partition coefficient (Wildman–Crippen LogP) is 2.51. The third kappa shape index (κ3) is 7.02. The van der Waals surface area contributed by atoms with E-state index in [4.69, 9.17) is 0 Å². The third-order valence-corrected chi connectivity index (χ3v) is 3.29. The first-order valence-electron chi connectivity index (χ1n) is 7.73. The molecule has 0 spiro atoms. The van der Waals surface area contributed by atoms with Crippen LogP contribution in [0, 0.1) is 5.92 Å². The van der Waals surface area contributed by atoms with E-state index in [1.54, 1.807) is 0 Å². The average Bonchev–Trinajstić information content (AvgIpc) is 2.46. The summed E-state index contributed by atoms with van der Waals surface area (Å²) in [6, 6.07) is 8.76. The molecule has 4 nitrogen and oxygen atoms in total. The van der Waals surface area contributed by atoms with Gasteiger partial charge in [0.05, 0.1) is 0 Å². The van der Waals surface area contributed by atoms with Crippen LogP contribution in [-0.4, -0.2) is 40.2 Å². The predicted molar refractivity (Wildman–Crippen MR) is 93.3 cm³/mol. The summed E-state index contributed by atoms with van der Waals surface area (Å²) in [6.45, 7) is 6.27. The van der Waals surface area contributed by atoms with Crippen molar-refractivity contribution in [2.45, 2.75) is 26.7 Å². The monoisotopic (exact) mass is 290 g/mol. The van der Waals surface area contributed by atoms with Gasteiger partial charge in [-0.15, -0.1) is 0 Å². The van der Waals surface area contributed by atoms with Gasteiger partial charge in [-0.25, -0.2) is 0 Å².